The van der Waals surface area contributed by atoms with Crippen LogP contribution in [-0.2, 0) is 19.4 Å². The molecule has 0 radical (unpaired) electrons. The molecule has 1 unspecified atom stereocenters. The van der Waals surface area contributed by atoms with Crippen LogP contribution in [0.2, 0.25) is 5.02 Å². The molecule has 3 rings (SSSR count). The Bertz CT molecular complexity index is 826. The lowest BCUT2D eigenvalue weighted by molar-refractivity contribution is 0.380. The molecule has 1 aliphatic rings. The number of halogens is 1. The average molecular weight is 418 g/mol. The van der Waals surface area contributed by atoms with Gasteiger partial charge in [-0.25, -0.2) is 0 Å². The van der Waals surface area contributed by atoms with E-state index in [1.165, 1.54) is 11.3 Å². The highest BCUT2D eigenvalue weighted by Gasteiger charge is 2.24. The second-order valence-corrected chi connectivity index (χ2v) is 8.01. The Labute approximate surface area is 178 Å². The Morgan fingerprint density at radius 1 is 1.31 bits per heavy atom. The molecule has 0 aliphatic carbocycles. The molecule has 29 heavy (non-hydrogen) atoms. The van der Waals surface area contributed by atoms with Gasteiger partial charge in [-0.15, -0.1) is 0 Å². The molecule has 6 nitrogen and oxygen atoms in total. The lowest BCUT2D eigenvalue weighted by atomic mass is 10.1. The highest BCUT2D eigenvalue weighted by molar-refractivity contribution is 6.30. The molecule has 0 bridgehead atoms. The van der Waals surface area contributed by atoms with E-state index in [1.54, 1.807) is 7.05 Å². The SMILES string of the molecule is CCc1noc(CC)c1CNC(=NC)NCC1CCN(c2cc(Cl)ccc2C)C1. The summed E-state index contributed by atoms with van der Waals surface area (Å²) in [6.07, 6.45) is 2.87. The van der Waals surface area contributed by atoms with Crippen LogP contribution < -0.4 is 15.5 Å². The number of nitrogens with zero attached hydrogens (tertiary/aromatic N) is 3. The maximum Gasteiger partial charge on any atom is 0.191 e. The topological polar surface area (TPSA) is 65.7 Å². The van der Waals surface area contributed by atoms with E-state index in [9.17, 15) is 0 Å². The molecule has 0 amide bonds. The molecule has 0 saturated carbocycles. The van der Waals surface area contributed by atoms with Crippen molar-refractivity contribution in [3.05, 3.63) is 45.8 Å². The molecule has 1 saturated heterocycles. The van der Waals surface area contributed by atoms with Crippen molar-refractivity contribution >= 4 is 23.2 Å². The van der Waals surface area contributed by atoms with Gasteiger partial charge in [0.2, 0.25) is 0 Å². The van der Waals surface area contributed by atoms with Crippen LogP contribution in [0.25, 0.3) is 0 Å². The molecule has 1 fully saturated rings. The van der Waals surface area contributed by atoms with Gasteiger partial charge >= 0.3 is 0 Å². The molecule has 7 heteroatoms. The molecule has 2 aromatic rings. The molecule has 1 atom stereocenters. The summed E-state index contributed by atoms with van der Waals surface area (Å²) in [4.78, 5) is 6.81. The largest absolute Gasteiger partial charge is 0.371 e. The summed E-state index contributed by atoms with van der Waals surface area (Å²) in [5, 5.41) is 11.9. The van der Waals surface area contributed by atoms with Gasteiger partial charge in [-0.3, -0.25) is 4.99 Å². The van der Waals surface area contributed by atoms with Crippen molar-refractivity contribution in [1.29, 1.82) is 0 Å². The molecule has 1 aromatic carbocycles. The highest BCUT2D eigenvalue weighted by Crippen LogP contribution is 2.29. The van der Waals surface area contributed by atoms with Crippen molar-refractivity contribution in [2.45, 2.75) is 46.6 Å². The van der Waals surface area contributed by atoms with Crippen LogP contribution in [-0.4, -0.2) is 37.8 Å². The van der Waals surface area contributed by atoms with E-state index in [0.29, 0.717) is 12.5 Å². The monoisotopic (exact) mass is 417 g/mol. The first kappa shape index (κ1) is 21.5. The third kappa shape index (κ3) is 5.24. The van der Waals surface area contributed by atoms with Crippen molar-refractivity contribution in [3.63, 3.8) is 0 Å². The van der Waals surface area contributed by atoms with E-state index in [0.717, 1.165) is 66.9 Å². The van der Waals surface area contributed by atoms with E-state index in [-0.39, 0.29) is 0 Å². The van der Waals surface area contributed by atoms with Crippen molar-refractivity contribution in [2.75, 3.05) is 31.6 Å². The Balaban J connectivity index is 1.52. The number of benzene rings is 1. The van der Waals surface area contributed by atoms with E-state index < -0.39 is 0 Å². The van der Waals surface area contributed by atoms with Crippen molar-refractivity contribution in [1.82, 2.24) is 15.8 Å². The predicted octanol–water partition coefficient (Wildman–Crippen LogP) is 3.95. The summed E-state index contributed by atoms with van der Waals surface area (Å²) >= 11 is 6.20. The molecule has 1 aliphatic heterocycles. The second kappa shape index (κ2) is 10.0. The Hall–Kier alpha value is -2.21. The third-order valence-corrected chi connectivity index (χ3v) is 5.85. The first-order valence-corrected chi connectivity index (χ1v) is 10.8. The van der Waals surface area contributed by atoms with E-state index in [2.05, 4.69) is 58.6 Å². The molecule has 2 N–H and O–H groups in total. The number of rotatable bonds is 7. The van der Waals surface area contributed by atoms with Crippen LogP contribution >= 0.6 is 11.6 Å². The second-order valence-electron chi connectivity index (χ2n) is 7.58. The number of hydrogen-bond donors (Lipinski definition) is 2. The van der Waals surface area contributed by atoms with Crippen LogP contribution in [0.5, 0.6) is 0 Å². The molecule has 158 valence electrons. The van der Waals surface area contributed by atoms with Gasteiger partial charge in [-0.2, -0.15) is 0 Å². The number of aryl methyl sites for hydroxylation is 3. The summed E-state index contributed by atoms with van der Waals surface area (Å²) in [5.41, 5.74) is 4.69. The molecule has 0 spiro atoms. The zero-order valence-electron chi connectivity index (χ0n) is 17.9. The minimum Gasteiger partial charge on any atom is -0.371 e. The maximum atomic E-state index is 6.20. The standard InChI is InChI=1S/C22H32ClN5O/c1-5-19-18(21(6-2)29-27-19)13-26-22(24-4)25-12-16-9-10-28(14-16)20-11-17(23)8-7-15(20)3/h7-8,11,16H,5-6,9-10,12-14H2,1-4H3,(H2,24,25,26). The smallest absolute Gasteiger partial charge is 0.191 e. The number of aromatic nitrogens is 1. The van der Waals surface area contributed by atoms with E-state index >= 15 is 0 Å². The Morgan fingerprint density at radius 2 is 2.14 bits per heavy atom. The van der Waals surface area contributed by atoms with Crippen molar-refractivity contribution < 1.29 is 4.52 Å². The van der Waals surface area contributed by atoms with Gasteiger partial charge < -0.3 is 20.1 Å². The third-order valence-electron chi connectivity index (χ3n) is 5.62. The van der Waals surface area contributed by atoms with Gasteiger partial charge in [0.05, 0.1) is 5.69 Å². The maximum absolute atomic E-state index is 6.20. The number of nitrogens with one attached hydrogen (secondary N) is 2. The lowest BCUT2D eigenvalue weighted by Gasteiger charge is -2.21. The van der Waals surface area contributed by atoms with Crippen molar-refractivity contribution in [3.8, 4) is 0 Å². The zero-order chi connectivity index (χ0) is 20.8. The first-order valence-electron chi connectivity index (χ1n) is 10.5. The van der Waals surface area contributed by atoms with Crippen LogP contribution in [0.4, 0.5) is 5.69 Å². The highest BCUT2D eigenvalue weighted by atomic mass is 35.5. The van der Waals surface area contributed by atoms with Crippen LogP contribution in [0, 0.1) is 12.8 Å². The molecule has 1 aromatic heterocycles. The van der Waals surface area contributed by atoms with Gasteiger partial charge in [-0.1, -0.05) is 36.7 Å². The Kier molecular flexibility index (Phi) is 7.42. The normalized spacial score (nSPS) is 17.1. The molecular formula is C22H32ClN5O. The van der Waals surface area contributed by atoms with Gasteiger partial charge in [0.15, 0.2) is 5.96 Å². The fourth-order valence-corrected chi connectivity index (χ4v) is 4.08. The molecular weight excluding hydrogens is 386 g/mol. The summed E-state index contributed by atoms with van der Waals surface area (Å²) in [7, 11) is 1.81. The summed E-state index contributed by atoms with van der Waals surface area (Å²) < 4.78 is 5.45. The minimum absolute atomic E-state index is 0.569. The number of aliphatic imine (C=N–C) groups is 1. The van der Waals surface area contributed by atoms with Crippen LogP contribution in [0.1, 0.15) is 42.8 Å². The van der Waals surface area contributed by atoms with Gasteiger partial charge in [-0.05, 0) is 43.4 Å². The summed E-state index contributed by atoms with van der Waals surface area (Å²) in [6.45, 7) is 9.97. The minimum atomic E-state index is 0.569. The Morgan fingerprint density at radius 3 is 2.86 bits per heavy atom. The van der Waals surface area contributed by atoms with Crippen LogP contribution in [0.3, 0.4) is 0 Å². The van der Waals surface area contributed by atoms with E-state index in [1.807, 2.05) is 6.07 Å². The lowest BCUT2D eigenvalue weighted by Crippen LogP contribution is -2.40. The summed E-state index contributed by atoms with van der Waals surface area (Å²) in [6, 6.07) is 6.12. The van der Waals surface area contributed by atoms with Gasteiger partial charge in [0, 0.05) is 55.9 Å². The van der Waals surface area contributed by atoms with Gasteiger partial charge in [0.25, 0.3) is 0 Å². The fraction of sp³-hybridized carbons (Fsp3) is 0.545. The summed E-state index contributed by atoms with van der Waals surface area (Å²) in [5.74, 6) is 2.33. The molecule has 2 heterocycles. The van der Waals surface area contributed by atoms with Crippen molar-refractivity contribution in [2.24, 2.45) is 10.9 Å². The quantitative estimate of drug-likeness (QED) is 0.527. The van der Waals surface area contributed by atoms with E-state index in [4.69, 9.17) is 16.1 Å². The fourth-order valence-electron chi connectivity index (χ4n) is 3.91. The zero-order valence-corrected chi connectivity index (χ0v) is 18.6. The number of guanidine groups is 1. The van der Waals surface area contributed by atoms with Crippen LogP contribution in [0.15, 0.2) is 27.7 Å². The predicted molar refractivity (Wildman–Crippen MR) is 120 cm³/mol. The first-order chi connectivity index (χ1) is 14.0. The number of hydrogen-bond acceptors (Lipinski definition) is 4. The number of anilines is 1. The average Bonchev–Trinajstić information content (AvgIpc) is 3.36. The van der Waals surface area contributed by atoms with Gasteiger partial charge in [0.1, 0.15) is 5.76 Å².